The van der Waals surface area contributed by atoms with E-state index in [9.17, 15) is 9.90 Å². The Kier molecular flexibility index (Phi) is 3.52. The average Bonchev–Trinajstić information content (AvgIpc) is 3.22. The number of amides is 1. The Morgan fingerprint density at radius 1 is 1.40 bits per heavy atom. The van der Waals surface area contributed by atoms with E-state index in [2.05, 4.69) is 10.5 Å². The zero-order chi connectivity index (χ0) is 13.9. The standard InChI is InChI=1S/C15H16N2O3/c18-9-13(10-4-2-1-3-5-10)16-15(19)12-8-14(20-17-12)11-6-7-11/h1-5,8,11,13,18H,6-7,9H2,(H,16,19)/t13-/m1/s1. The molecule has 1 aliphatic rings. The quantitative estimate of drug-likeness (QED) is 0.873. The number of aliphatic hydroxyl groups is 1. The number of aliphatic hydroxyl groups excluding tert-OH is 1. The molecule has 1 heterocycles. The van der Waals surface area contributed by atoms with Gasteiger partial charge in [0, 0.05) is 12.0 Å². The Morgan fingerprint density at radius 3 is 2.80 bits per heavy atom. The van der Waals surface area contributed by atoms with Gasteiger partial charge in [0.15, 0.2) is 5.69 Å². The van der Waals surface area contributed by atoms with Gasteiger partial charge < -0.3 is 14.9 Å². The van der Waals surface area contributed by atoms with Gasteiger partial charge in [0.2, 0.25) is 0 Å². The van der Waals surface area contributed by atoms with Crippen LogP contribution in [0.25, 0.3) is 0 Å². The number of rotatable bonds is 5. The van der Waals surface area contributed by atoms with Crippen LogP contribution in [0.1, 0.15) is 46.6 Å². The minimum atomic E-state index is -0.440. The highest BCUT2D eigenvalue weighted by molar-refractivity contribution is 5.92. The van der Waals surface area contributed by atoms with Crippen molar-refractivity contribution >= 4 is 5.91 Å². The summed E-state index contributed by atoms with van der Waals surface area (Å²) in [5, 5.41) is 16.0. The third-order valence-corrected chi connectivity index (χ3v) is 3.43. The van der Waals surface area contributed by atoms with E-state index in [0.717, 1.165) is 24.2 Å². The topological polar surface area (TPSA) is 75.4 Å². The predicted molar refractivity (Wildman–Crippen MR) is 72.2 cm³/mol. The van der Waals surface area contributed by atoms with Gasteiger partial charge in [-0.15, -0.1) is 0 Å². The lowest BCUT2D eigenvalue weighted by atomic mass is 10.1. The van der Waals surface area contributed by atoms with Gasteiger partial charge in [-0.3, -0.25) is 4.79 Å². The van der Waals surface area contributed by atoms with E-state index in [-0.39, 0.29) is 18.2 Å². The smallest absolute Gasteiger partial charge is 0.274 e. The molecule has 5 heteroatoms. The van der Waals surface area contributed by atoms with Gasteiger partial charge >= 0.3 is 0 Å². The maximum atomic E-state index is 12.1. The Labute approximate surface area is 116 Å². The van der Waals surface area contributed by atoms with Gasteiger partial charge in [0.25, 0.3) is 5.91 Å². The molecule has 3 rings (SSSR count). The van der Waals surface area contributed by atoms with E-state index in [1.54, 1.807) is 6.07 Å². The first kappa shape index (κ1) is 12.9. The van der Waals surface area contributed by atoms with Crippen LogP contribution in [0.3, 0.4) is 0 Å². The molecular weight excluding hydrogens is 256 g/mol. The lowest BCUT2D eigenvalue weighted by molar-refractivity contribution is 0.0907. The van der Waals surface area contributed by atoms with E-state index in [4.69, 9.17) is 4.52 Å². The van der Waals surface area contributed by atoms with Crippen molar-refractivity contribution in [2.45, 2.75) is 24.8 Å². The van der Waals surface area contributed by atoms with Crippen LogP contribution >= 0.6 is 0 Å². The highest BCUT2D eigenvalue weighted by atomic mass is 16.5. The molecule has 1 aliphatic carbocycles. The van der Waals surface area contributed by atoms with Crippen LogP contribution in [0.5, 0.6) is 0 Å². The second-order valence-corrected chi connectivity index (χ2v) is 5.01. The summed E-state index contributed by atoms with van der Waals surface area (Å²) in [7, 11) is 0. The highest BCUT2D eigenvalue weighted by Gasteiger charge is 2.29. The van der Waals surface area contributed by atoms with Crippen LogP contribution in [0, 0.1) is 0 Å². The molecule has 0 saturated heterocycles. The molecule has 20 heavy (non-hydrogen) atoms. The summed E-state index contributed by atoms with van der Waals surface area (Å²) in [4.78, 5) is 12.1. The van der Waals surface area contributed by atoms with E-state index in [1.165, 1.54) is 0 Å². The van der Waals surface area contributed by atoms with Crippen LogP contribution in [0.4, 0.5) is 0 Å². The number of carbonyl (C=O) groups is 1. The fourth-order valence-corrected chi connectivity index (χ4v) is 2.11. The number of hydrogen-bond acceptors (Lipinski definition) is 4. The first-order valence-corrected chi connectivity index (χ1v) is 6.71. The second kappa shape index (κ2) is 5.46. The van der Waals surface area contributed by atoms with Crippen molar-refractivity contribution < 1.29 is 14.4 Å². The molecule has 5 nitrogen and oxygen atoms in total. The molecule has 0 radical (unpaired) electrons. The number of carbonyl (C=O) groups excluding carboxylic acids is 1. The molecule has 1 fully saturated rings. The number of nitrogens with one attached hydrogen (secondary N) is 1. The number of hydrogen-bond donors (Lipinski definition) is 2. The fraction of sp³-hybridized carbons (Fsp3) is 0.333. The van der Waals surface area contributed by atoms with Crippen molar-refractivity contribution in [2.75, 3.05) is 6.61 Å². The number of aromatic nitrogens is 1. The average molecular weight is 272 g/mol. The highest BCUT2D eigenvalue weighted by Crippen LogP contribution is 2.40. The Morgan fingerprint density at radius 2 is 2.15 bits per heavy atom. The third-order valence-electron chi connectivity index (χ3n) is 3.43. The van der Waals surface area contributed by atoms with Crippen molar-refractivity contribution in [2.24, 2.45) is 0 Å². The molecule has 1 atom stereocenters. The summed E-state index contributed by atoms with van der Waals surface area (Å²) in [5.74, 6) is 0.866. The van der Waals surface area contributed by atoms with Crippen molar-refractivity contribution in [1.82, 2.24) is 10.5 Å². The van der Waals surface area contributed by atoms with Crippen molar-refractivity contribution in [3.8, 4) is 0 Å². The molecule has 0 spiro atoms. The fourth-order valence-electron chi connectivity index (χ4n) is 2.11. The van der Waals surface area contributed by atoms with E-state index in [0.29, 0.717) is 5.92 Å². The first-order valence-electron chi connectivity index (χ1n) is 6.71. The predicted octanol–water partition coefficient (Wildman–Crippen LogP) is 2.02. The van der Waals surface area contributed by atoms with Crippen molar-refractivity contribution in [1.29, 1.82) is 0 Å². The molecule has 0 aliphatic heterocycles. The van der Waals surface area contributed by atoms with Crippen LogP contribution in [0.2, 0.25) is 0 Å². The minimum absolute atomic E-state index is 0.164. The largest absolute Gasteiger partial charge is 0.394 e. The van der Waals surface area contributed by atoms with Gasteiger partial charge in [-0.25, -0.2) is 0 Å². The molecule has 0 bridgehead atoms. The zero-order valence-electron chi connectivity index (χ0n) is 11.0. The number of nitrogens with zero attached hydrogens (tertiary/aromatic N) is 1. The van der Waals surface area contributed by atoms with Gasteiger partial charge in [-0.05, 0) is 18.4 Å². The molecular formula is C15H16N2O3. The molecule has 1 amide bonds. The normalized spacial score (nSPS) is 15.8. The van der Waals surface area contributed by atoms with Gasteiger partial charge in [0.1, 0.15) is 5.76 Å². The third kappa shape index (κ3) is 2.72. The maximum absolute atomic E-state index is 12.1. The van der Waals surface area contributed by atoms with E-state index >= 15 is 0 Å². The van der Waals surface area contributed by atoms with E-state index in [1.807, 2.05) is 30.3 Å². The SMILES string of the molecule is O=C(N[C@H](CO)c1ccccc1)c1cc(C2CC2)on1. The Bertz CT molecular complexity index is 590. The number of benzene rings is 1. The summed E-state index contributed by atoms with van der Waals surface area (Å²) in [5.41, 5.74) is 1.12. The summed E-state index contributed by atoms with van der Waals surface area (Å²) in [6.07, 6.45) is 2.19. The molecule has 104 valence electrons. The van der Waals surface area contributed by atoms with Crippen LogP contribution in [-0.2, 0) is 0 Å². The van der Waals surface area contributed by atoms with Crippen LogP contribution in [0.15, 0.2) is 40.9 Å². The van der Waals surface area contributed by atoms with E-state index < -0.39 is 6.04 Å². The molecule has 0 unspecified atom stereocenters. The Hall–Kier alpha value is -2.14. The lowest BCUT2D eigenvalue weighted by Crippen LogP contribution is -2.30. The molecule has 2 N–H and O–H groups in total. The van der Waals surface area contributed by atoms with Gasteiger partial charge in [-0.1, -0.05) is 35.5 Å². The molecule has 1 aromatic heterocycles. The molecule has 2 aromatic rings. The minimum Gasteiger partial charge on any atom is -0.394 e. The second-order valence-electron chi connectivity index (χ2n) is 5.01. The maximum Gasteiger partial charge on any atom is 0.274 e. The van der Waals surface area contributed by atoms with Crippen molar-refractivity contribution in [3.63, 3.8) is 0 Å². The zero-order valence-corrected chi connectivity index (χ0v) is 11.0. The summed E-state index contributed by atoms with van der Waals surface area (Å²) in [6, 6.07) is 10.6. The van der Waals surface area contributed by atoms with Crippen LogP contribution in [-0.4, -0.2) is 22.8 Å². The summed E-state index contributed by atoms with van der Waals surface area (Å²) < 4.78 is 5.16. The first-order chi connectivity index (χ1) is 9.78. The Balaban J connectivity index is 1.70. The summed E-state index contributed by atoms with van der Waals surface area (Å²) >= 11 is 0. The van der Waals surface area contributed by atoms with Crippen LogP contribution < -0.4 is 5.32 Å². The summed E-state index contributed by atoms with van der Waals surface area (Å²) in [6.45, 7) is -0.164. The van der Waals surface area contributed by atoms with Gasteiger partial charge in [-0.2, -0.15) is 0 Å². The van der Waals surface area contributed by atoms with Gasteiger partial charge in [0.05, 0.1) is 12.6 Å². The molecule has 1 aromatic carbocycles. The molecule has 1 saturated carbocycles. The monoisotopic (exact) mass is 272 g/mol. The lowest BCUT2D eigenvalue weighted by Gasteiger charge is -2.15. The van der Waals surface area contributed by atoms with Crippen molar-refractivity contribution in [3.05, 3.63) is 53.4 Å².